The van der Waals surface area contributed by atoms with Crippen molar-refractivity contribution in [1.29, 1.82) is 0 Å². The van der Waals surface area contributed by atoms with Crippen LogP contribution in [-0.4, -0.2) is 13.0 Å². The van der Waals surface area contributed by atoms with Gasteiger partial charge < -0.3 is 14.8 Å². The van der Waals surface area contributed by atoms with Gasteiger partial charge >= 0.3 is 0 Å². The van der Waals surface area contributed by atoms with Gasteiger partial charge in [-0.15, -0.1) is 11.3 Å². The first-order valence-corrected chi connectivity index (χ1v) is 8.43. The molecule has 0 aliphatic heterocycles. The minimum atomic E-state index is -0.305. The molecule has 0 spiro atoms. The maximum absolute atomic E-state index is 12.9. The van der Waals surface area contributed by atoms with Crippen LogP contribution in [0.15, 0.2) is 60.0 Å². The zero-order valence-electron chi connectivity index (χ0n) is 13.5. The number of amides is 1. The summed E-state index contributed by atoms with van der Waals surface area (Å²) < 4.78 is 23.5. The fourth-order valence-corrected chi connectivity index (χ4v) is 2.93. The fourth-order valence-electron chi connectivity index (χ4n) is 2.13. The molecule has 0 fully saturated rings. The zero-order chi connectivity index (χ0) is 17.6. The van der Waals surface area contributed by atoms with Gasteiger partial charge in [0.1, 0.15) is 23.9 Å². The number of anilines is 1. The van der Waals surface area contributed by atoms with E-state index in [1.807, 2.05) is 5.38 Å². The van der Waals surface area contributed by atoms with Gasteiger partial charge in [-0.2, -0.15) is 0 Å². The zero-order valence-corrected chi connectivity index (χ0v) is 14.3. The van der Waals surface area contributed by atoms with E-state index >= 15 is 0 Å². The molecule has 3 rings (SSSR count). The second-order valence-electron chi connectivity index (χ2n) is 5.24. The summed E-state index contributed by atoms with van der Waals surface area (Å²) in [6, 6.07) is 14.7. The summed E-state index contributed by atoms with van der Waals surface area (Å²) >= 11 is 1.35. The Morgan fingerprint density at radius 1 is 1.08 bits per heavy atom. The van der Waals surface area contributed by atoms with E-state index in [9.17, 15) is 9.18 Å². The lowest BCUT2D eigenvalue weighted by molar-refractivity contribution is 0.103. The van der Waals surface area contributed by atoms with Crippen LogP contribution in [0.1, 0.15) is 15.2 Å². The lowest BCUT2D eigenvalue weighted by atomic mass is 10.3. The summed E-state index contributed by atoms with van der Waals surface area (Å²) in [6.45, 7) is 0.317. The number of methoxy groups -OCH3 is 1. The first-order chi connectivity index (χ1) is 12.1. The molecular formula is C19H16FNO3S. The van der Waals surface area contributed by atoms with Gasteiger partial charge in [0.05, 0.1) is 12.0 Å². The molecule has 3 aromatic rings. The van der Waals surface area contributed by atoms with Crippen LogP contribution in [0.4, 0.5) is 10.1 Å². The van der Waals surface area contributed by atoms with Crippen molar-refractivity contribution in [2.75, 3.05) is 12.4 Å². The smallest absolute Gasteiger partial charge is 0.265 e. The molecule has 0 saturated carbocycles. The van der Waals surface area contributed by atoms with E-state index in [1.54, 1.807) is 49.6 Å². The number of hydrogen-bond donors (Lipinski definition) is 1. The fraction of sp³-hybridized carbons (Fsp3) is 0.105. The Balaban J connectivity index is 1.58. The molecule has 0 aliphatic carbocycles. The average molecular weight is 357 g/mol. The lowest BCUT2D eigenvalue weighted by Crippen LogP contribution is -2.10. The Bertz CT molecular complexity index is 844. The second-order valence-corrected chi connectivity index (χ2v) is 6.16. The van der Waals surface area contributed by atoms with Gasteiger partial charge in [0, 0.05) is 11.3 Å². The number of carbonyl (C=O) groups is 1. The number of thiophene rings is 1. The number of rotatable bonds is 6. The van der Waals surface area contributed by atoms with E-state index in [4.69, 9.17) is 9.47 Å². The van der Waals surface area contributed by atoms with Crippen LogP contribution < -0.4 is 14.8 Å². The van der Waals surface area contributed by atoms with Crippen LogP contribution in [0.3, 0.4) is 0 Å². The normalized spacial score (nSPS) is 10.3. The molecule has 1 amide bonds. The third-order valence-corrected chi connectivity index (χ3v) is 4.42. The molecule has 0 radical (unpaired) electrons. The maximum atomic E-state index is 12.9. The van der Waals surface area contributed by atoms with E-state index in [0.29, 0.717) is 22.9 Å². The number of nitrogens with one attached hydrogen (secondary N) is 1. The Hall–Kier alpha value is -2.86. The monoisotopic (exact) mass is 357 g/mol. The summed E-state index contributed by atoms with van der Waals surface area (Å²) in [5.74, 6) is 0.828. The molecule has 0 saturated heterocycles. The van der Waals surface area contributed by atoms with Crippen molar-refractivity contribution in [2.45, 2.75) is 6.61 Å². The van der Waals surface area contributed by atoms with Gasteiger partial charge in [0.2, 0.25) is 0 Å². The summed E-state index contributed by atoms with van der Waals surface area (Å²) in [6.07, 6.45) is 0. The molecule has 0 unspecified atom stereocenters. The largest absolute Gasteiger partial charge is 0.497 e. The number of carbonyl (C=O) groups excluding carboxylic acids is 1. The van der Waals surface area contributed by atoms with Gasteiger partial charge in [-0.25, -0.2) is 4.39 Å². The van der Waals surface area contributed by atoms with Crippen LogP contribution in [0.2, 0.25) is 0 Å². The maximum Gasteiger partial charge on any atom is 0.265 e. The number of ether oxygens (including phenoxy) is 2. The summed E-state index contributed by atoms with van der Waals surface area (Å²) in [4.78, 5) is 12.9. The summed E-state index contributed by atoms with van der Waals surface area (Å²) in [5.41, 5.74) is 1.58. The van der Waals surface area contributed by atoms with Crippen LogP contribution in [0, 0.1) is 5.82 Å². The SMILES string of the molecule is COc1ccc(NC(=O)c2cc(COc3ccc(F)cc3)cs2)cc1. The van der Waals surface area contributed by atoms with Gasteiger partial charge in [-0.05, 0) is 60.0 Å². The molecule has 4 nitrogen and oxygen atoms in total. The third kappa shape index (κ3) is 4.58. The molecule has 1 aromatic heterocycles. The minimum Gasteiger partial charge on any atom is -0.497 e. The highest BCUT2D eigenvalue weighted by Gasteiger charge is 2.10. The van der Waals surface area contributed by atoms with Crippen molar-refractivity contribution in [3.63, 3.8) is 0 Å². The number of hydrogen-bond acceptors (Lipinski definition) is 4. The van der Waals surface area contributed by atoms with Crippen molar-refractivity contribution < 1.29 is 18.7 Å². The number of benzene rings is 2. The van der Waals surface area contributed by atoms with E-state index in [-0.39, 0.29) is 11.7 Å². The number of halogens is 1. The average Bonchev–Trinajstić information content (AvgIpc) is 3.11. The van der Waals surface area contributed by atoms with Crippen LogP contribution in [0.5, 0.6) is 11.5 Å². The Morgan fingerprint density at radius 3 is 2.44 bits per heavy atom. The predicted octanol–water partition coefficient (Wildman–Crippen LogP) is 4.73. The third-order valence-electron chi connectivity index (χ3n) is 3.44. The van der Waals surface area contributed by atoms with Crippen LogP contribution in [-0.2, 0) is 6.61 Å². The van der Waals surface area contributed by atoms with Crippen molar-refractivity contribution >= 4 is 22.9 Å². The first-order valence-electron chi connectivity index (χ1n) is 7.55. The molecule has 1 heterocycles. The summed E-state index contributed by atoms with van der Waals surface area (Å²) in [5, 5.41) is 4.70. The van der Waals surface area contributed by atoms with Crippen LogP contribution >= 0.6 is 11.3 Å². The Kier molecular flexibility index (Phi) is 5.30. The van der Waals surface area contributed by atoms with Crippen molar-refractivity contribution in [3.8, 4) is 11.5 Å². The van der Waals surface area contributed by atoms with Crippen LogP contribution in [0.25, 0.3) is 0 Å². The van der Waals surface area contributed by atoms with Gasteiger partial charge in [0.15, 0.2) is 0 Å². The van der Waals surface area contributed by atoms with Crippen molar-refractivity contribution in [3.05, 3.63) is 76.2 Å². The molecule has 6 heteroatoms. The molecule has 0 aliphatic rings. The predicted molar refractivity (Wildman–Crippen MR) is 96.0 cm³/mol. The summed E-state index contributed by atoms with van der Waals surface area (Å²) in [7, 11) is 1.59. The molecule has 2 aromatic carbocycles. The van der Waals surface area contributed by atoms with Gasteiger partial charge in [0.25, 0.3) is 5.91 Å². The Morgan fingerprint density at radius 2 is 1.76 bits per heavy atom. The molecule has 1 N–H and O–H groups in total. The van der Waals surface area contributed by atoms with Gasteiger partial charge in [-0.1, -0.05) is 0 Å². The molecular weight excluding hydrogens is 341 g/mol. The minimum absolute atomic E-state index is 0.178. The first kappa shape index (κ1) is 17.0. The molecule has 0 atom stereocenters. The lowest BCUT2D eigenvalue weighted by Gasteiger charge is -2.05. The molecule has 25 heavy (non-hydrogen) atoms. The van der Waals surface area contributed by atoms with E-state index < -0.39 is 0 Å². The van der Waals surface area contributed by atoms with E-state index in [2.05, 4.69) is 5.32 Å². The van der Waals surface area contributed by atoms with E-state index in [0.717, 1.165) is 11.3 Å². The quantitative estimate of drug-likeness (QED) is 0.694. The molecule has 128 valence electrons. The highest BCUT2D eigenvalue weighted by molar-refractivity contribution is 7.12. The second kappa shape index (κ2) is 7.81. The van der Waals surface area contributed by atoms with E-state index in [1.165, 1.54) is 23.5 Å². The van der Waals surface area contributed by atoms with Crippen molar-refractivity contribution in [2.24, 2.45) is 0 Å². The topological polar surface area (TPSA) is 47.6 Å². The molecule has 0 bridgehead atoms. The van der Waals surface area contributed by atoms with Gasteiger partial charge in [-0.3, -0.25) is 4.79 Å². The highest BCUT2D eigenvalue weighted by Crippen LogP contribution is 2.20. The standard InChI is InChI=1S/C19H16FNO3S/c1-23-16-8-4-15(5-9-16)21-19(22)18-10-13(12-25-18)11-24-17-6-2-14(20)3-7-17/h2-10,12H,11H2,1H3,(H,21,22). The van der Waals surface area contributed by atoms with Crippen molar-refractivity contribution in [1.82, 2.24) is 0 Å². The Labute approximate surface area is 148 Å². The highest BCUT2D eigenvalue weighted by atomic mass is 32.1.